The second-order valence-corrected chi connectivity index (χ2v) is 6.29. The molecule has 0 atom stereocenters. The van der Waals surface area contributed by atoms with Gasteiger partial charge >= 0.3 is 0 Å². The highest BCUT2D eigenvalue weighted by molar-refractivity contribution is 5.94. The van der Waals surface area contributed by atoms with Crippen LogP contribution >= 0.6 is 0 Å². The molecule has 27 heavy (non-hydrogen) atoms. The molecule has 3 aromatic rings. The molecule has 0 radical (unpaired) electrons. The van der Waals surface area contributed by atoms with Crippen LogP contribution in [0.5, 0.6) is 11.5 Å². The van der Waals surface area contributed by atoms with Gasteiger partial charge in [-0.25, -0.2) is 0 Å². The lowest BCUT2D eigenvalue weighted by Gasteiger charge is -2.24. The van der Waals surface area contributed by atoms with Crippen molar-refractivity contribution in [2.24, 2.45) is 0 Å². The smallest absolute Gasteiger partial charge is 0.243 e. The molecule has 0 saturated heterocycles. The highest BCUT2D eigenvalue weighted by atomic mass is 16.7. The largest absolute Gasteiger partial charge is 0.454 e. The van der Waals surface area contributed by atoms with Crippen LogP contribution in [0.1, 0.15) is 5.56 Å². The summed E-state index contributed by atoms with van der Waals surface area (Å²) in [5.74, 6) is 1.26. The number of rotatable bonds is 6. The van der Waals surface area contributed by atoms with Crippen molar-refractivity contribution in [1.82, 2.24) is 0 Å². The minimum atomic E-state index is -0.0892. The Kier molecular flexibility index (Phi) is 4.92. The lowest BCUT2D eigenvalue weighted by atomic mass is 10.2. The molecular weight excluding hydrogens is 340 g/mol. The number of nitrogens with zero attached hydrogens (tertiary/aromatic N) is 1. The van der Waals surface area contributed by atoms with E-state index in [1.807, 2.05) is 54.6 Å². The Morgan fingerprint density at radius 2 is 1.59 bits per heavy atom. The number of benzene rings is 3. The van der Waals surface area contributed by atoms with E-state index in [2.05, 4.69) is 22.3 Å². The molecule has 1 heterocycles. The fraction of sp³-hybridized carbons (Fsp3) is 0.136. The van der Waals surface area contributed by atoms with Gasteiger partial charge in [0.15, 0.2) is 11.5 Å². The van der Waals surface area contributed by atoms with Crippen molar-refractivity contribution >= 4 is 17.3 Å². The summed E-state index contributed by atoms with van der Waals surface area (Å²) in [4.78, 5) is 14.7. The van der Waals surface area contributed by atoms with Gasteiger partial charge in [-0.1, -0.05) is 48.5 Å². The third-order valence-corrected chi connectivity index (χ3v) is 4.33. The highest BCUT2D eigenvalue weighted by Gasteiger charge is 2.16. The number of ether oxygens (including phenoxy) is 2. The number of hydrogen-bond donors (Lipinski definition) is 1. The van der Waals surface area contributed by atoms with E-state index in [0.29, 0.717) is 23.7 Å². The molecule has 5 heteroatoms. The van der Waals surface area contributed by atoms with Crippen LogP contribution in [0.4, 0.5) is 11.4 Å². The number of amides is 1. The van der Waals surface area contributed by atoms with E-state index < -0.39 is 0 Å². The van der Waals surface area contributed by atoms with Gasteiger partial charge in [-0.2, -0.15) is 0 Å². The van der Waals surface area contributed by atoms with E-state index in [1.54, 1.807) is 12.1 Å². The Hall–Kier alpha value is -3.47. The SMILES string of the molecule is O=C(CN(Cc1ccccc1)c1ccccc1)Nc1ccc2c(c1)OCO2. The van der Waals surface area contributed by atoms with E-state index in [0.717, 1.165) is 11.3 Å². The van der Waals surface area contributed by atoms with Gasteiger partial charge in [-0.3, -0.25) is 4.79 Å². The molecule has 4 rings (SSSR count). The molecule has 0 spiro atoms. The van der Waals surface area contributed by atoms with Crippen molar-refractivity contribution in [2.75, 3.05) is 23.6 Å². The van der Waals surface area contributed by atoms with Gasteiger partial charge in [0.2, 0.25) is 12.7 Å². The number of anilines is 2. The number of para-hydroxylation sites is 1. The van der Waals surface area contributed by atoms with Crippen LogP contribution in [0.2, 0.25) is 0 Å². The van der Waals surface area contributed by atoms with Crippen LogP contribution in [0.15, 0.2) is 78.9 Å². The molecule has 1 N–H and O–H groups in total. The zero-order valence-corrected chi connectivity index (χ0v) is 14.8. The predicted octanol–water partition coefficient (Wildman–Crippen LogP) is 4.06. The van der Waals surface area contributed by atoms with E-state index in [4.69, 9.17) is 9.47 Å². The lowest BCUT2D eigenvalue weighted by Crippen LogP contribution is -2.32. The number of carbonyl (C=O) groups excluding carboxylic acids is 1. The lowest BCUT2D eigenvalue weighted by molar-refractivity contribution is -0.115. The second kappa shape index (κ2) is 7.83. The highest BCUT2D eigenvalue weighted by Crippen LogP contribution is 2.34. The van der Waals surface area contributed by atoms with Crippen molar-refractivity contribution in [2.45, 2.75) is 6.54 Å². The normalized spacial score (nSPS) is 11.9. The van der Waals surface area contributed by atoms with E-state index in [1.165, 1.54) is 0 Å². The summed E-state index contributed by atoms with van der Waals surface area (Å²) in [6, 6.07) is 25.5. The van der Waals surface area contributed by atoms with Gasteiger partial charge < -0.3 is 19.7 Å². The zero-order valence-electron chi connectivity index (χ0n) is 14.8. The Morgan fingerprint density at radius 1 is 0.889 bits per heavy atom. The summed E-state index contributed by atoms with van der Waals surface area (Å²) in [5, 5.41) is 2.94. The number of fused-ring (bicyclic) bond motifs is 1. The average Bonchev–Trinajstić information content (AvgIpc) is 3.17. The van der Waals surface area contributed by atoms with E-state index >= 15 is 0 Å². The molecule has 0 fully saturated rings. The van der Waals surface area contributed by atoms with Crippen LogP contribution in [-0.4, -0.2) is 19.2 Å². The number of carbonyl (C=O) groups is 1. The van der Waals surface area contributed by atoms with Crippen LogP contribution in [0.3, 0.4) is 0 Å². The summed E-state index contributed by atoms with van der Waals surface area (Å²) in [7, 11) is 0. The van der Waals surface area contributed by atoms with Crippen molar-refractivity contribution in [3.63, 3.8) is 0 Å². The summed E-state index contributed by atoms with van der Waals surface area (Å²) in [6.07, 6.45) is 0. The quantitative estimate of drug-likeness (QED) is 0.720. The van der Waals surface area contributed by atoms with Crippen LogP contribution < -0.4 is 19.7 Å². The Morgan fingerprint density at radius 3 is 2.37 bits per heavy atom. The molecule has 136 valence electrons. The Bertz CT molecular complexity index is 913. The molecule has 1 amide bonds. The Labute approximate surface area is 158 Å². The molecule has 1 aliphatic rings. The van der Waals surface area contributed by atoms with Crippen molar-refractivity contribution < 1.29 is 14.3 Å². The summed E-state index contributed by atoms with van der Waals surface area (Å²) in [6.45, 7) is 1.11. The van der Waals surface area contributed by atoms with Gasteiger partial charge in [0.25, 0.3) is 0 Å². The summed E-state index contributed by atoms with van der Waals surface area (Å²) in [5.41, 5.74) is 2.84. The fourth-order valence-corrected chi connectivity index (χ4v) is 3.03. The number of hydrogen-bond acceptors (Lipinski definition) is 4. The molecule has 5 nitrogen and oxygen atoms in total. The van der Waals surface area contributed by atoms with Gasteiger partial charge in [0.05, 0.1) is 6.54 Å². The van der Waals surface area contributed by atoms with E-state index in [9.17, 15) is 4.79 Å². The van der Waals surface area contributed by atoms with Gasteiger partial charge in [0, 0.05) is 24.0 Å². The maximum absolute atomic E-state index is 12.7. The first-order valence-corrected chi connectivity index (χ1v) is 8.81. The first kappa shape index (κ1) is 17.0. The topological polar surface area (TPSA) is 50.8 Å². The van der Waals surface area contributed by atoms with Crippen LogP contribution in [-0.2, 0) is 11.3 Å². The van der Waals surface area contributed by atoms with Gasteiger partial charge in [-0.15, -0.1) is 0 Å². The molecule has 0 aliphatic carbocycles. The first-order valence-electron chi connectivity index (χ1n) is 8.81. The maximum atomic E-state index is 12.7. The number of nitrogens with one attached hydrogen (secondary N) is 1. The molecule has 3 aromatic carbocycles. The molecule has 1 aliphatic heterocycles. The second-order valence-electron chi connectivity index (χ2n) is 6.29. The molecular formula is C22H20N2O3. The molecule has 0 saturated carbocycles. The molecule has 0 unspecified atom stereocenters. The van der Waals surface area contributed by atoms with Crippen LogP contribution in [0, 0.1) is 0 Å². The van der Waals surface area contributed by atoms with Crippen molar-refractivity contribution in [3.8, 4) is 11.5 Å². The first-order chi connectivity index (χ1) is 13.3. The third-order valence-electron chi connectivity index (χ3n) is 4.33. The standard InChI is InChI=1S/C22H20N2O3/c25-22(23-18-11-12-20-21(13-18)27-16-26-20)15-24(19-9-5-2-6-10-19)14-17-7-3-1-4-8-17/h1-13H,14-16H2,(H,23,25). The van der Waals surface area contributed by atoms with Gasteiger partial charge in [-0.05, 0) is 29.8 Å². The zero-order chi connectivity index (χ0) is 18.5. The molecule has 0 bridgehead atoms. The predicted molar refractivity (Wildman–Crippen MR) is 105 cm³/mol. The maximum Gasteiger partial charge on any atom is 0.243 e. The van der Waals surface area contributed by atoms with Crippen molar-refractivity contribution in [3.05, 3.63) is 84.4 Å². The van der Waals surface area contributed by atoms with Gasteiger partial charge in [0.1, 0.15) is 0 Å². The summed E-state index contributed by atoms with van der Waals surface area (Å²) >= 11 is 0. The average molecular weight is 360 g/mol. The summed E-state index contributed by atoms with van der Waals surface area (Å²) < 4.78 is 10.7. The molecule has 0 aromatic heterocycles. The van der Waals surface area contributed by atoms with Crippen LogP contribution in [0.25, 0.3) is 0 Å². The van der Waals surface area contributed by atoms with E-state index in [-0.39, 0.29) is 19.2 Å². The minimum absolute atomic E-state index is 0.0892. The van der Waals surface area contributed by atoms with Crippen molar-refractivity contribution in [1.29, 1.82) is 0 Å². The minimum Gasteiger partial charge on any atom is -0.454 e. The monoisotopic (exact) mass is 360 g/mol. The fourth-order valence-electron chi connectivity index (χ4n) is 3.03. The third kappa shape index (κ3) is 4.20. The Balaban J connectivity index is 1.48.